The van der Waals surface area contributed by atoms with E-state index in [1.807, 2.05) is 6.92 Å². The SMILES string of the molecule is CCCCS(=O)(=O)C1CCCCC1CN. The topological polar surface area (TPSA) is 60.2 Å². The summed E-state index contributed by atoms with van der Waals surface area (Å²) in [5.41, 5.74) is 5.65. The van der Waals surface area contributed by atoms with Crippen molar-refractivity contribution in [1.82, 2.24) is 0 Å². The first-order chi connectivity index (χ1) is 7.11. The molecule has 3 nitrogen and oxygen atoms in total. The summed E-state index contributed by atoms with van der Waals surface area (Å²) < 4.78 is 24.1. The molecule has 0 radical (unpaired) electrons. The molecular formula is C11H23NO2S. The van der Waals surface area contributed by atoms with Gasteiger partial charge in [-0.1, -0.05) is 26.2 Å². The fourth-order valence-corrected chi connectivity index (χ4v) is 4.77. The monoisotopic (exact) mass is 233 g/mol. The van der Waals surface area contributed by atoms with Crippen molar-refractivity contribution < 1.29 is 8.42 Å². The summed E-state index contributed by atoms with van der Waals surface area (Å²) >= 11 is 0. The molecule has 1 rings (SSSR count). The van der Waals surface area contributed by atoms with Crippen LogP contribution in [0.5, 0.6) is 0 Å². The lowest BCUT2D eigenvalue weighted by Crippen LogP contribution is -2.38. The van der Waals surface area contributed by atoms with Gasteiger partial charge in [0, 0.05) is 0 Å². The van der Waals surface area contributed by atoms with Gasteiger partial charge in [0.05, 0.1) is 11.0 Å². The molecule has 0 aliphatic heterocycles. The van der Waals surface area contributed by atoms with Gasteiger partial charge in [0.2, 0.25) is 0 Å². The van der Waals surface area contributed by atoms with Gasteiger partial charge in [0.15, 0.2) is 9.84 Å². The Bertz CT molecular complexity index is 274. The summed E-state index contributed by atoms with van der Waals surface area (Å²) in [6.07, 6.45) is 5.74. The second-order valence-corrected chi connectivity index (χ2v) is 6.88. The quantitative estimate of drug-likeness (QED) is 0.786. The molecule has 0 bridgehead atoms. The number of hydrogen-bond donors (Lipinski definition) is 1. The Morgan fingerprint density at radius 3 is 2.53 bits per heavy atom. The van der Waals surface area contributed by atoms with Crippen LogP contribution in [0.4, 0.5) is 0 Å². The lowest BCUT2D eigenvalue weighted by molar-refractivity contribution is 0.363. The first-order valence-electron chi connectivity index (χ1n) is 6.03. The lowest BCUT2D eigenvalue weighted by atomic mass is 9.89. The van der Waals surface area contributed by atoms with Gasteiger partial charge in [-0.3, -0.25) is 0 Å². The highest BCUT2D eigenvalue weighted by atomic mass is 32.2. The summed E-state index contributed by atoms with van der Waals surface area (Å²) in [5.74, 6) is 0.561. The van der Waals surface area contributed by atoms with E-state index in [1.54, 1.807) is 0 Å². The van der Waals surface area contributed by atoms with Crippen molar-refractivity contribution >= 4 is 9.84 Å². The molecule has 1 saturated carbocycles. The highest BCUT2D eigenvalue weighted by molar-refractivity contribution is 7.92. The van der Waals surface area contributed by atoms with E-state index in [4.69, 9.17) is 5.73 Å². The third kappa shape index (κ3) is 3.45. The maximum Gasteiger partial charge on any atom is 0.153 e. The first kappa shape index (κ1) is 13.0. The van der Waals surface area contributed by atoms with Crippen LogP contribution in [0.15, 0.2) is 0 Å². The fourth-order valence-electron chi connectivity index (χ4n) is 2.41. The molecule has 1 aliphatic rings. The molecule has 15 heavy (non-hydrogen) atoms. The minimum absolute atomic E-state index is 0.150. The van der Waals surface area contributed by atoms with Crippen LogP contribution >= 0.6 is 0 Å². The fraction of sp³-hybridized carbons (Fsp3) is 1.00. The van der Waals surface area contributed by atoms with Gasteiger partial charge >= 0.3 is 0 Å². The Kier molecular flexibility index (Phi) is 5.06. The predicted octanol–water partition coefficient (Wildman–Crippen LogP) is 1.72. The van der Waals surface area contributed by atoms with Gasteiger partial charge in [0.25, 0.3) is 0 Å². The third-order valence-corrected chi connectivity index (χ3v) is 5.79. The van der Waals surface area contributed by atoms with E-state index >= 15 is 0 Å². The summed E-state index contributed by atoms with van der Waals surface area (Å²) in [4.78, 5) is 0. The van der Waals surface area contributed by atoms with E-state index in [-0.39, 0.29) is 11.2 Å². The van der Waals surface area contributed by atoms with Crippen LogP contribution in [-0.2, 0) is 9.84 Å². The van der Waals surface area contributed by atoms with Crippen molar-refractivity contribution in [2.75, 3.05) is 12.3 Å². The largest absolute Gasteiger partial charge is 0.330 e. The maximum atomic E-state index is 12.1. The van der Waals surface area contributed by atoms with Gasteiger partial charge in [-0.25, -0.2) is 8.42 Å². The van der Waals surface area contributed by atoms with E-state index in [2.05, 4.69) is 0 Å². The molecule has 4 heteroatoms. The molecule has 2 unspecified atom stereocenters. The lowest BCUT2D eigenvalue weighted by Gasteiger charge is -2.30. The molecule has 0 amide bonds. The van der Waals surface area contributed by atoms with Gasteiger partial charge < -0.3 is 5.73 Å². The van der Waals surface area contributed by atoms with Crippen LogP contribution in [0.2, 0.25) is 0 Å². The molecule has 0 aromatic carbocycles. The first-order valence-corrected chi connectivity index (χ1v) is 7.75. The maximum absolute atomic E-state index is 12.1. The van der Waals surface area contributed by atoms with Crippen LogP contribution in [0.1, 0.15) is 45.4 Å². The van der Waals surface area contributed by atoms with Crippen LogP contribution in [0.25, 0.3) is 0 Å². The Morgan fingerprint density at radius 1 is 1.27 bits per heavy atom. The average molecular weight is 233 g/mol. The van der Waals surface area contributed by atoms with E-state index in [1.165, 1.54) is 0 Å². The van der Waals surface area contributed by atoms with Crippen LogP contribution < -0.4 is 5.73 Å². The standard InChI is InChI=1S/C11H23NO2S/c1-2-3-8-15(13,14)11-7-5-4-6-10(11)9-12/h10-11H,2-9,12H2,1H3. The second kappa shape index (κ2) is 5.85. The molecule has 0 spiro atoms. The summed E-state index contributed by atoms with van der Waals surface area (Å²) in [6.45, 7) is 2.55. The van der Waals surface area contributed by atoms with Crippen LogP contribution in [-0.4, -0.2) is 26.0 Å². The van der Waals surface area contributed by atoms with Gasteiger partial charge in [-0.2, -0.15) is 0 Å². The molecule has 2 atom stereocenters. The number of nitrogens with two attached hydrogens (primary N) is 1. The van der Waals surface area contributed by atoms with Crippen molar-refractivity contribution in [1.29, 1.82) is 0 Å². The second-order valence-electron chi connectivity index (χ2n) is 4.54. The minimum Gasteiger partial charge on any atom is -0.330 e. The zero-order valence-corrected chi connectivity index (χ0v) is 10.4. The molecule has 0 aromatic heterocycles. The predicted molar refractivity (Wildman–Crippen MR) is 63.5 cm³/mol. The van der Waals surface area contributed by atoms with Crippen LogP contribution in [0.3, 0.4) is 0 Å². The number of sulfone groups is 1. The summed E-state index contributed by atoms with van der Waals surface area (Å²) in [5, 5.41) is -0.150. The number of unbranched alkanes of at least 4 members (excludes halogenated alkanes) is 1. The third-order valence-electron chi connectivity index (χ3n) is 3.39. The normalized spacial score (nSPS) is 27.9. The zero-order chi connectivity index (χ0) is 11.3. The number of rotatable bonds is 5. The molecule has 0 heterocycles. The van der Waals surface area contributed by atoms with E-state index < -0.39 is 9.84 Å². The molecule has 90 valence electrons. The van der Waals surface area contributed by atoms with Gasteiger partial charge in [0.1, 0.15) is 0 Å². The molecular weight excluding hydrogens is 210 g/mol. The van der Waals surface area contributed by atoms with Gasteiger partial charge in [-0.15, -0.1) is 0 Å². The molecule has 1 fully saturated rings. The van der Waals surface area contributed by atoms with Crippen molar-refractivity contribution in [2.45, 2.75) is 50.7 Å². The van der Waals surface area contributed by atoms with Gasteiger partial charge in [-0.05, 0) is 31.7 Å². The number of hydrogen-bond acceptors (Lipinski definition) is 3. The average Bonchev–Trinajstić information content (AvgIpc) is 2.26. The smallest absolute Gasteiger partial charge is 0.153 e. The highest BCUT2D eigenvalue weighted by Crippen LogP contribution is 2.29. The minimum atomic E-state index is -2.89. The Hall–Kier alpha value is -0.0900. The molecule has 1 aliphatic carbocycles. The molecule has 2 N–H and O–H groups in total. The summed E-state index contributed by atoms with van der Waals surface area (Å²) in [7, 11) is -2.89. The molecule has 0 aromatic rings. The van der Waals surface area contributed by atoms with Crippen molar-refractivity contribution in [3.8, 4) is 0 Å². The summed E-state index contributed by atoms with van der Waals surface area (Å²) in [6, 6.07) is 0. The highest BCUT2D eigenvalue weighted by Gasteiger charge is 2.33. The zero-order valence-electron chi connectivity index (χ0n) is 9.61. The van der Waals surface area contributed by atoms with Crippen LogP contribution in [0, 0.1) is 5.92 Å². The van der Waals surface area contributed by atoms with E-state index in [9.17, 15) is 8.42 Å². The Morgan fingerprint density at radius 2 is 1.93 bits per heavy atom. The van der Waals surface area contributed by atoms with Crippen molar-refractivity contribution in [3.05, 3.63) is 0 Å². The van der Waals surface area contributed by atoms with Crippen molar-refractivity contribution in [3.63, 3.8) is 0 Å². The van der Waals surface area contributed by atoms with E-state index in [0.29, 0.717) is 12.3 Å². The Balaban J connectivity index is 2.65. The van der Waals surface area contributed by atoms with E-state index in [0.717, 1.165) is 38.5 Å². The van der Waals surface area contributed by atoms with Crippen molar-refractivity contribution in [2.24, 2.45) is 11.7 Å². The Labute approximate surface area is 93.3 Å². The molecule has 0 saturated heterocycles.